The quantitative estimate of drug-likeness (QED) is 0.665. The molecule has 1 saturated heterocycles. The van der Waals surface area contributed by atoms with Crippen molar-refractivity contribution in [3.8, 4) is 11.1 Å². The molecule has 0 radical (unpaired) electrons. The molecule has 0 aliphatic carbocycles. The van der Waals surface area contributed by atoms with Gasteiger partial charge in [-0.3, -0.25) is 4.68 Å². The zero-order chi connectivity index (χ0) is 18.3. The summed E-state index contributed by atoms with van der Waals surface area (Å²) in [7, 11) is 1.89. The maximum absolute atomic E-state index is 11.2. The van der Waals surface area contributed by atoms with Gasteiger partial charge in [-0.15, -0.1) is 0 Å². The average molecular weight is 354 g/mol. The minimum atomic E-state index is -0.876. The van der Waals surface area contributed by atoms with E-state index in [2.05, 4.69) is 10.1 Å². The van der Waals surface area contributed by atoms with Crippen LogP contribution in [-0.4, -0.2) is 55.5 Å². The number of aryl methyl sites for hydroxylation is 1. The molecular weight excluding hydrogens is 332 g/mol. The van der Waals surface area contributed by atoms with Gasteiger partial charge in [0.05, 0.1) is 17.2 Å². The van der Waals surface area contributed by atoms with Crippen LogP contribution in [0.15, 0.2) is 30.6 Å². The number of nitrogens with one attached hydrogen (secondary N) is 1. The molecule has 4 rings (SSSR count). The van der Waals surface area contributed by atoms with Crippen molar-refractivity contribution in [3.05, 3.63) is 36.4 Å². The lowest BCUT2D eigenvalue weighted by atomic mass is 9.77. The highest BCUT2D eigenvalue weighted by Crippen LogP contribution is 2.36. The van der Waals surface area contributed by atoms with E-state index in [1.54, 1.807) is 4.68 Å². The lowest BCUT2D eigenvalue weighted by molar-refractivity contribution is 0.116. The van der Waals surface area contributed by atoms with Gasteiger partial charge < -0.3 is 20.7 Å². The lowest BCUT2D eigenvalue weighted by Gasteiger charge is -2.38. The first-order valence-electron chi connectivity index (χ1n) is 8.68. The molecule has 0 spiro atoms. The summed E-state index contributed by atoms with van der Waals surface area (Å²) in [5.74, 6) is 0.844. The molecule has 3 aromatic rings. The average Bonchev–Trinajstić information content (AvgIpc) is 3.27. The number of carboxylic acid groups (broad SMARTS) is 1. The van der Waals surface area contributed by atoms with E-state index in [1.165, 1.54) is 4.90 Å². The molecule has 0 atom stereocenters. The van der Waals surface area contributed by atoms with Gasteiger partial charge in [0.15, 0.2) is 0 Å². The molecule has 1 aromatic carbocycles. The van der Waals surface area contributed by atoms with Crippen molar-refractivity contribution < 1.29 is 9.90 Å². The maximum Gasteiger partial charge on any atom is 0.407 e. The van der Waals surface area contributed by atoms with Crippen LogP contribution in [0.5, 0.6) is 0 Å². The number of benzene rings is 1. The van der Waals surface area contributed by atoms with Crippen molar-refractivity contribution in [3.63, 3.8) is 0 Å². The van der Waals surface area contributed by atoms with Gasteiger partial charge in [0, 0.05) is 49.4 Å². The SMILES string of the molecule is Cn1cc(-c2cccc3[nH]c(C4(CN)CCN(C(=O)O)CC4)nc23)cn1. The first kappa shape index (κ1) is 16.6. The Morgan fingerprint density at radius 1 is 1.38 bits per heavy atom. The molecule has 1 aliphatic heterocycles. The van der Waals surface area contributed by atoms with E-state index in [-0.39, 0.29) is 5.41 Å². The Bertz CT molecular complexity index is 952. The number of nitrogens with two attached hydrogens (primary N) is 1. The van der Waals surface area contributed by atoms with Gasteiger partial charge in [-0.1, -0.05) is 12.1 Å². The maximum atomic E-state index is 11.2. The van der Waals surface area contributed by atoms with Crippen molar-refractivity contribution >= 4 is 17.1 Å². The number of nitrogens with zero attached hydrogens (tertiary/aromatic N) is 4. The van der Waals surface area contributed by atoms with Gasteiger partial charge in [-0.25, -0.2) is 9.78 Å². The molecule has 2 aromatic heterocycles. The first-order chi connectivity index (χ1) is 12.5. The molecule has 1 fully saturated rings. The van der Waals surface area contributed by atoms with Crippen molar-refractivity contribution in [1.29, 1.82) is 0 Å². The van der Waals surface area contributed by atoms with Crippen LogP contribution in [0, 0.1) is 0 Å². The summed E-state index contributed by atoms with van der Waals surface area (Å²) in [6.07, 6.45) is 4.25. The summed E-state index contributed by atoms with van der Waals surface area (Å²) in [4.78, 5) is 21.0. The summed E-state index contributed by atoms with van der Waals surface area (Å²) >= 11 is 0. The third-order valence-electron chi connectivity index (χ3n) is 5.41. The zero-order valence-corrected chi connectivity index (χ0v) is 14.6. The number of rotatable bonds is 3. The largest absolute Gasteiger partial charge is 0.465 e. The van der Waals surface area contributed by atoms with E-state index in [0.717, 1.165) is 28.0 Å². The van der Waals surface area contributed by atoms with Gasteiger partial charge >= 0.3 is 6.09 Å². The van der Waals surface area contributed by atoms with Gasteiger partial charge in [0.1, 0.15) is 5.82 Å². The Balaban J connectivity index is 1.74. The van der Waals surface area contributed by atoms with E-state index in [0.29, 0.717) is 32.5 Å². The fraction of sp³-hybridized carbons (Fsp3) is 0.389. The number of hydrogen-bond donors (Lipinski definition) is 3. The number of likely N-dealkylation sites (tertiary alicyclic amines) is 1. The highest BCUT2D eigenvalue weighted by atomic mass is 16.4. The monoisotopic (exact) mass is 354 g/mol. The molecule has 3 heterocycles. The Labute approximate surface area is 150 Å². The smallest absolute Gasteiger partial charge is 0.407 e. The number of H-pyrrole nitrogens is 1. The van der Waals surface area contributed by atoms with Crippen molar-refractivity contribution in [1.82, 2.24) is 24.6 Å². The summed E-state index contributed by atoms with van der Waals surface area (Å²) in [5.41, 5.74) is 9.68. The number of para-hydroxylation sites is 1. The molecule has 8 nitrogen and oxygen atoms in total. The Morgan fingerprint density at radius 3 is 2.77 bits per heavy atom. The number of amides is 1. The lowest BCUT2D eigenvalue weighted by Crippen LogP contribution is -2.48. The first-order valence-corrected chi connectivity index (χ1v) is 8.68. The number of hydrogen-bond acceptors (Lipinski definition) is 4. The second-order valence-electron chi connectivity index (χ2n) is 6.94. The van der Waals surface area contributed by atoms with Crippen LogP contribution in [0.4, 0.5) is 4.79 Å². The predicted octanol–water partition coefficient (Wildman–Crippen LogP) is 1.93. The van der Waals surface area contributed by atoms with Gasteiger partial charge in [-0.05, 0) is 18.9 Å². The van der Waals surface area contributed by atoms with Gasteiger partial charge in [-0.2, -0.15) is 5.10 Å². The van der Waals surface area contributed by atoms with E-state index in [9.17, 15) is 9.90 Å². The van der Waals surface area contributed by atoms with Crippen LogP contribution in [0.2, 0.25) is 0 Å². The number of fused-ring (bicyclic) bond motifs is 1. The number of piperidine rings is 1. The number of carbonyl (C=O) groups is 1. The molecule has 8 heteroatoms. The van der Waals surface area contributed by atoms with Gasteiger partial charge in [0.2, 0.25) is 0 Å². The van der Waals surface area contributed by atoms with Crippen LogP contribution < -0.4 is 5.73 Å². The number of imidazole rings is 1. The van der Waals surface area contributed by atoms with Crippen LogP contribution in [0.3, 0.4) is 0 Å². The topological polar surface area (TPSA) is 113 Å². The van der Waals surface area contributed by atoms with E-state index in [4.69, 9.17) is 10.7 Å². The summed E-state index contributed by atoms with van der Waals surface area (Å²) in [6.45, 7) is 1.38. The van der Waals surface area contributed by atoms with Crippen LogP contribution >= 0.6 is 0 Å². The highest BCUT2D eigenvalue weighted by molar-refractivity contribution is 5.91. The molecule has 1 amide bonds. The standard InChI is InChI=1S/C18H22N6O2/c1-23-10-12(9-20-23)13-3-2-4-14-15(13)22-16(21-14)18(11-19)5-7-24(8-6-18)17(25)26/h2-4,9-10H,5-8,11,19H2,1H3,(H,21,22)(H,25,26). The molecule has 0 saturated carbocycles. The minimum absolute atomic E-state index is 0.322. The number of aromatic amines is 1. The van der Waals surface area contributed by atoms with Crippen molar-refractivity contribution in [2.45, 2.75) is 18.3 Å². The molecule has 0 unspecified atom stereocenters. The normalized spacial score (nSPS) is 16.9. The summed E-state index contributed by atoms with van der Waals surface area (Å²) in [5, 5.41) is 13.4. The fourth-order valence-electron chi connectivity index (χ4n) is 3.74. The Morgan fingerprint density at radius 2 is 2.15 bits per heavy atom. The van der Waals surface area contributed by atoms with E-state index < -0.39 is 6.09 Å². The zero-order valence-electron chi connectivity index (χ0n) is 14.6. The summed E-state index contributed by atoms with van der Waals surface area (Å²) in [6, 6.07) is 6.03. The van der Waals surface area contributed by atoms with Crippen LogP contribution in [0.25, 0.3) is 22.2 Å². The third kappa shape index (κ3) is 2.62. The summed E-state index contributed by atoms with van der Waals surface area (Å²) < 4.78 is 1.77. The van der Waals surface area contributed by atoms with Crippen molar-refractivity contribution in [2.75, 3.05) is 19.6 Å². The van der Waals surface area contributed by atoms with Crippen LogP contribution in [0.1, 0.15) is 18.7 Å². The Hall–Kier alpha value is -2.87. The molecule has 26 heavy (non-hydrogen) atoms. The van der Waals surface area contributed by atoms with Crippen molar-refractivity contribution in [2.24, 2.45) is 12.8 Å². The van der Waals surface area contributed by atoms with Crippen LogP contribution in [-0.2, 0) is 12.5 Å². The molecular formula is C18H22N6O2. The van der Waals surface area contributed by atoms with E-state index >= 15 is 0 Å². The minimum Gasteiger partial charge on any atom is -0.465 e. The van der Waals surface area contributed by atoms with Gasteiger partial charge in [0.25, 0.3) is 0 Å². The highest BCUT2D eigenvalue weighted by Gasteiger charge is 2.39. The second kappa shape index (κ2) is 6.14. The number of aromatic nitrogens is 4. The molecule has 1 aliphatic rings. The van der Waals surface area contributed by atoms with E-state index in [1.807, 2.05) is 37.6 Å². The third-order valence-corrected chi connectivity index (χ3v) is 5.41. The predicted molar refractivity (Wildman–Crippen MR) is 97.9 cm³/mol. The fourth-order valence-corrected chi connectivity index (χ4v) is 3.74. The molecule has 0 bridgehead atoms. The second-order valence-corrected chi connectivity index (χ2v) is 6.94. The molecule has 136 valence electrons. The molecule has 4 N–H and O–H groups in total. The Kier molecular flexibility index (Phi) is 3.91.